The minimum Gasteiger partial charge on any atom is -0.483 e. The Morgan fingerprint density at radius 3 is 2.58 bits per heavy atom. The predicted molar refractivity (Wildman–Crippen MR) is 95.7 cm³/mol. The second kappa shape index (κ2) is 8.36. The maximum Gasteiger partial charge on any atom is 0.262 e. The Labute approximate surface area is 146 Å². The monoisotopic (exact) mass is 346 g/mol. The average molecular weight is 347 g/mol. The predicted octanol–water partition coefficient (Wildman–Crippen LogP) is 3.88. The van der Waals surface area contributed by atoms with E-state index in [9.17, 15) is 9.59 Å². The highest BCUT2D eigenvalue weighted by atomic mass is 35.5. The molecule has 2 amide bonds. The summed E-state index contributed by atoms with van der Waals surface area (Å²) < 4.78 is 5.57. The molecule has 0 bridgehead atoms. The fourth-order valence-electron chi connectivity index (χ4n) is 2.17. The summed E-state index contributed by atoms with van der Waals surface area (Å²) in [7, 11) is 0. The Kier molecular flexibility index (Phi) is 6.21. The largest absolute Gasteiger partial charge is 0.483 e. The van der Waals surface area contributed by atoms with Crippen LogP contribution in [0.3, 0.4) is 0 Å². The second-order valence-corrected chi connectivity index (χ2v) is 5.58. The van der Waals surface area contributed by atoms with Crippen LogP contribution in [-0.2, 0) is 16.0 Å². The van der Waals surface area contributed by atoms with Gasteiger partial charge in [-0.2, -0.15) is 0 Å². The van der Waals surface area contributed by atoms with E-state index >= 15 is 0 Å². The van der Waals surface area contributed by atoms with Gasteiger partial charge in [-0.1, -0.05) is 36.7 Å². The number of halogens is 1. The van der Waals surface area contributed by atoms with Crippen LogP contribution in [0.5, 0.6) is 5.75 Å². The van der Waals surface area contributed by atoms with Crippen molar-refractivity contribution in [3.05, 3.63) is 53.1 Å². The molecule has 5 nitrogen and oxygen atoms in total. The van der Waals surface area contributed by atoms with Crippen molar-refractivity contribution in [2.45, 2.75) is 20.3 Å². The third kappa shape index (κ3) is 4.99. The third-order valence-electron chi connectivity index (χ3n) is 3.27. The standard InChI is InChI=1S/C18H19ClN2O3/c1-3-13-6-4-5-7-17(13)24-11-18(23)21-14-8-9-15(19)16(10-14)20-12(2)22/h4-10H,3,11H2,1-2H3,(H,20,22)(H,21,23). The minimum absolute atomic E-state index is 0.102. The zero-order valence-corrected chi connectivity index (χ0v) is 14.3. The number of benzene rings is 2. The van der Waals surface area contributed by atoms with Crippen molar-refractivity contribution in [2.24, 2.45) is 0 Å². The Balaban J connectivity index is 1.98. The summed E-state index contributed by atoms with van der Waals surface area (Å²) in [6.45, 7) is 3.31. The fraction of sp³-hybridized carbons (Fsp3) is 0.222. The molecule has 0 fully saturated rings. The summed E-state index contributed by atoms with van der Waals surface area (Å²) in [6, 6.07) is 12.5. The molecule has 0 aromatic heterocycles. The SMILES string of the molecule is CCc1ccccc1OCC(=O)Nc1ccc(Cl)c(NC(C)=O)c1. The first-order chi connectivity index (χ1) is 11.5. The van der Waals surface area contributed by atoms with Gasteiger partial charge in [0, 0.05) is 12.6 Å². The normalized spacial score (nSPS) is 10.1. The van der Waals surface area contributed by atoms with E-state index in [1.807, 2.05) is 31.2 Å². The number of ether oxygens (including phenoxy) is 1. The molecule has 24 heavy (non-hydrogen) atoms. The fourth-order valence-corrected chi connectivity index (χ4v) is 2.33. The van der Waals surface area contributed by atoms with Gasteiger partial charge in [0.25, 0.3) is 5.91 Å². The molecular formula is C18H19ClN2O3. The van der Waals surface area contributed by atoms with Crippen molar-refractivity contribution in [1.29, 1.82) is 0 Å². The zero-order valence-electron chi connectivity index (χ0n) is 13.6. The third-order valence-corrected chi connectivity index (χ3v) is 3.60. The maximum absolute atomic E-state index is 12.0. The first-order valence-corrected chi connectivity index (χ1v) is 7.95. The van der Waals surface area contributed by atoms with Crippen LogP contribution >= 0.6 is 11.6 Å². The van der Waals surface area contributed by atoms with E-state index in [4.69, 9.17) is 16.3 Å². The average Bonchev–Trinajstić information content (AvgIpc) is 2.56. The first-order valence-electron chi connectivity index (χ1n) is 7.57. The summed E-state index contributed by atoms with van der Waals surface area (Å²) in [5, 5.41) is 5.72. The lowest BCUT2D eigenvalue weighted by molar-refractivity contribution is -0.118. The molecule has 0 saturated heterocycles. The molecule has 2 N–H and O–H groups in total. The first kappa shape index (κ1) is 17.8. The lowest BCUT2D eigenvalue weighted by atomic mass is 10.1. The van der Waals surface area contributed by atoms with Crippen LogP contribution < -0.4 is 15.4 Å². The van der Waals surface area contributed by atoms with Crippen molar-refractivity contribution in [2.75, 3.05) is 17.2 Å². The quantitative estimate of drug-likeness (QED) is 0.834. The molecule has 0 radical (unpaired) electrons. The second-order valence-electron chi connectivity index (χ2n) is 5.17. The van der Waals surface area contributed by atoms with Crippen LogP contribution in [0.2, 0.25) is 5.02 Å². The van der Waals surface area contributed by atoms with Crippen LogP contribution in [0.1, 0.15) is 19.4 Å². The smallest absolute Gasteiger partial charge is 0.262 e. The highest BCUT2D eigenvalue weighted by Crippen LogP contribution is 2.25. The number of carbonyl (C=O) groups excluding carboxylic acids is 2. The number of rotatable bonds is 6. The van der Waals surface area contributed by atoms with Gasteiger partial charge in [-0.15, -0.1) is 0 Å². The molecule has 2 rings (SSSR count). The van der Waals surface area contributed by atoms with E-state index in [1.165, 1.54) is 6.92 Å². The molecule has 6 heteroatoms. The number of anilines is 2. The van der Waals surface area contributed by atoms with Gasteiger partial charge in [-0.25, -0.2) is 0 Å². The summed E-state index contributed by atoms with van der Waals surface area (Å²) in [4.78, 5) is 23.2. The van der Waals surface area contributed by atoms with Gasteiger partial charge >= 0.3 is 0 Å². The van der Waals surface area contributed by atoms with Crippen molar-refractivity contribution in [3.8, 4) is 5.75 Å². The number of para-hydroxylation sites is 1. The highest BCUT2D eigenvalue weighted by Gasteiger charge is 2.08. The Hall–Kier alpha value is -2.53. The van der Waals surface area contributed by atoms with E-state index in [-0.39, 0.29) is 18.4 Å². The lowest BCUT2D eigenvalue weighted by Crippen LogP contribution is -2.20. The zero-order chi connectivity index (χ0) is 17.5. The summed E-state index contributed by atoms with van der Waals surface area (Å²) in [5.41, 5.74) is 2.02. The molecule has 0 heterocycles. The van der Waals surface area contributed by atoms with Gasteiger partial charge in [0.15, 0.2) is 6.61 Å². The number of hydrogen-bond donors (Lipinski definition) is 2. The Morgan fingerprint density at radius 2 is 1.88 bits per heavy atom. The molecule has 2 aromatic rings. The van der Waals surface area contributed by atoms with Crippen LogP contribution in [0.4, 0.5) is 11.4 Å². The van der Waals surface area contributed by atoms with Gasteiger partial charge in [0.2, 0.25) is 5.91 Å². The Morgan fingerprint density at radius 1 is 1.12 bits per heavy atom. The number of aryl methyl sites for hydroxylation is 1. The van der Waals surface area contributed by atoms with Crippen molar-refractivity contribution in [1.82, 2.24) is 0 Å². The van der Waals surface area contributed by atoms with Gasteiger partial charge in [-0.3, -0.25) is 9.59 Å². The van der Waals surface area contributed by atoms with Gasteiger partial charge in [0.1, 0.15) is 5.75 Å². The molecule has 2 aromatic carbocycles. The molecule has 126 valence electrons. The molecule has 0 aliphatic rings. The molecule has 0 unspecified atom stereocenters. The molecule has 0 atom stereocenters. The number of hydrogen-bond acceptors (Lipinski definition) is 3. The topological polar surface area (TPSA) is 67.4 Å². The van der Waals surface area contributed by atoms with Gasteiger partial charge in [-0.05, 0) is 36.2 Å². The summed E-state index contributed by atoms with van der Waals surface area (Å²) >= 11 is 6.00. The number of carbonyl (C=O) groups is 2. The van der Waals surface area contributed by atoms with Crippen LogP contribution in [-0.4, -0.2) is 18.4 Å². The number of nitrogens with one attached hydrogen (secondary N) is 2. The van der Waals surface area contributed by atoms with E-state index in [0.29, 0.717) is 22.1 Å². The Bertz CT molecular complexity index is 747. The summed E-state index contributed by atoms with van der Waals surface area (Å²) in [5.74, 6) is 0.169. The van der Waals surface area contributed by atoms with Crippen LogP contribution in [0.25, 0.3) is 0 Å². The van der Waals surface area contributed by atoms with E-state index in [0.717, 1.165) is 12.0 Å². The minimum atomic E-state index is -0.294. The van der Waals surface area contributed by atoms with Gasteiger partial charge < -0.3 is 15.4 Å². The molecule has 0 saturated carbocycles. The van der Waals surface area contributed by atoms with Gasteiger partial charge in [0.05, 0.1) is 10.7 Å². The molecule has 0 aliphatic carbocycles. The number of amides is 2. The van der Waals surface area contributed by atoms with E-state index < -0.39 is 0 Å². The van der Waals surface area contributed by atoms with Crippen molar-refractivity contribution in [3.63, 3.8) is 0 Å². The van der Waals surface area contributed by atoms with E-state index in [1.54, 1.807) is 18.2 Å². The van der Waals surface area contributed by atoms with Crippen LogP contribution in [0.15, 0.2) is 42.5 Å². The highest BCUT2D eigenvalue weighted by molar-refractivity contribution is 6.33. The lowest BCUT2D eigenvalue weighted by Gasteiger charge is -2.12. The molecule has 0 spiro atoms. The van der Waals surface area contributed by atoms with Crippen LogP contribution in [0, 0.1) is 0 Å². The van der Waals surface area contributed by atoms with E-state index in [2.05, 4.69) is 10.6 Å². The van der Waals surface area contributed by atoms with Crippen molar-refractivity contribution >= 4 is 34.8 Å². The summed E-state index contributed by atoms with van der Waals surface area (Å²) in [6.07, 6.45) is 0.828. The van der Waals surface area contributed by atoms with Crippen molar-refractivity contribution < 1.29 is 14.3 Å². The maximum atomic E-state index is 12.0. The molecule has 0 aliphatic heterocycles. The molecular weight excluding hydrogens is 328 g/mol.